The normalized spacial score (nSPS) is 12.0. The van der Waals surface area contributed by atoms with E-state index in [1.807, 2.05) is 42.1 Å². The van der Waals surface area contributed by atoms with Crippen molar-refractivity contribution in [1.82, 2.24) is 19.2 Å². The molecule has 1 aromatic carbocycles. The lowest BCUT2D eigenvalue weighted by Crippen LogP contribution is -2.05. The first-order chi connectivity index (χ1) is 13.0. The van der Waals surface area contributed by atoms with E-state index in [1.165, 1.54) is 11.6 Å². The minimum Gasteiger partial charge on any atom is -0.342 e. The van der Waals surface area contributed by atoms with Gasteiger partial charge in [0.2, 0.25) is 0 Å². The number of nitrogens with zero attached hydrogens (tertiary/aromatic N) is 4. The van der Waals surface area contributed by atoms with Gasteiger partial charge in [-0.05, 0) is 56.9 Å². The molecule has 0 N–H and O–H groups in total. The second kappa shape index (κ2) is 6.48. The van der Waals surface area contributed by atoms with Crippen LogP contribution in [-0.2, 0) is 7.05 Å². The van der Waals surface area contributed by atoms with Gasteiger partial charge in [-0.3, -0.25) is 0 Å². The molecule has 0 aliphatic heterocycles. The summed E-state index contributed by atoms with van der Waals surface area (Å²) in [6, 6.07) is 9.25. The monoisotopic (exact) mass is 364 g/mol. The van der Waals surface area contributed by atoms with Crippen molar-refractivity contribution in [3.05, 3.63) is 53.1 Å². The fourth-order valence-electron chi connectivity index (χ4n) is 4.15. The first-order valence-corrected chi connectivity index (χ1v) is 9.57. The summed E-state index contributed by atoms with van der Waals surface area (Å²) in [5, 5.41) is 5.39. The summed E-state index contributed by atoms with van der Waals surface area (Å²) in [4.78, 5) is 4.87. The molecule has 0 atom stereocenters. The molecule has 5 heteroatoms. The Bertz CT molecular complexity index is 1150. The van der Waals surface area contributed by atoms with Crippen LogP contribution in [0.25, 0.3) is 27.9 Å². The van der Waals surface area contributed by atoms with E-state index in [4.69, 9.17) is 10.1 Å². The zero-order chi connectivity index (χ0) is 19.3. The molecule has 0 saturated heterocycles. The van der Waals surface area contributed by atoms with Crippen LogP contribution in [0, 0.1) is 19.7 Å². The number of benzene rings is 1. The van der Waals surface area contributed by atoms with Crippen molar-refractivity contribution in [3.8, 4) is 11.4 Å². The molecule has 0 spiro atoms. The first-order valence-electron chi connectivity index (χ1n) is 9.57. The van der Waals surface area contributed by atoms with E-state index >= 15 is 0 Å². The highest BCUT2D eigenvalue weighted by Gasteiger charge is 2.22. The lowest BCUT2D eigenvalue weighted by molar-refractivity contribution is 0.638. The Morgan fingerprint density at radius 3 is 2.52 bits per heavy atom. The maximum Gasteiger partial charge on any atom is 0.158 e. The minimum atomic E-state index is -0.206. The quantitative estimate of drug-likeness (QED) is 0.476. The SMILES string of the molecule is CCC(CC)c1cc(C)nn2c(-c3cc4c(F)cccc4n3C)c(C)nc12. The van der Waals surface area contributed by atoms with E-state index < -0.39 is 0 Å². The topological polar surface area (TPSA) is 35.1 Å². The van der Waals surface area contributed by atoms with Crippen LogP contribution in [0.5, 0.6) is 0 Å². The lowest BCUT2D eigenvalue weighted by Gasteiger charge is -2.15. The molecule has 0 unspecified atom stereocenters. The van der Waals surface area contributed by atoms with Gasteiger partial charge in [-0.2, -0.15) is 5.10 Å². The molecule has 27 heavy (non-hydrogen) atoms. The first kappa shape index (κ1) is 17.7. The number of halogens is 1. The number of hydrogen-bond acceptors (Lipinski definition) is 2. The van der Waals surface area contributed by atoms with Gasteiger partial charge in [0.15, 0.2) is 5.65 Å². The number of hydrogen-bond donors (Lipinski definition) is 0. The van der Waals surface area contributed by atoms with E-state index in [0.29, 0.717) is 11.3 Å². The van der Waals surface area contributed by atoms with Crippen molar-refractivity contribution in [2.75, 3.05) is 0 Å². The highest BCUT2D eigenvalue weighted by atomic mass is 19.1. The summed E-state index contributed by atoms with van der Waals surface area (Å²) in [5.41, 5.74) is 6.75. The number of imidazole rings is 1. The molecule has 0 aliphatic carbocycles. The highest BCUT2D eigenvalue weighted by Crippen LogP contribution is 2.34. The van der Waals surface area contributed by atoms with Crippen LogP contribution in [0.2, 0.25) is 0 Å². The average Bonchev–Trinajstić information content (AvgIpc) is 3.14. The van der Waals surface area contributed by atoms with Crippen LogP contribution >= 0.6 is 0 Å². The minimum absolute atomic E-state index is 0.206. The van der Waals surface area contributed by atoms with Crippen molar-refractivity contribution >= 4 is 16.6 Å². The van der Waals surface area contributed by atoms with Gasteiger partial charge in [0, 0.05) is 18.0 Å². The van der Waals surface area contributed by atoms with Gasteiger partial charge in [-0.25, -0.2) is 13.9 Å². The summed E-state index contributed by atoms with van der Waals surface area (Å²) in [6.45, 7) is 8.45. The smallest absolute Gasteiger partial charge is 0.158 e. The molecule has 0 amide bonds. The largest absolute Gasteiger partial charge is 0.342 e. The van der Waals surface area contributed by atoms with Gasteiger partial charge in [0.1, 0.15) is 11.5 Å². The summed E-state index contributed by atoms with van der Waals surface area (Å²) < 4.78 is 18.3. The van der Waals surface area contributed by atoms with E-state index in [2.05, 4.69) is 19.9 Å². The summed E-state index contributed by atoms with van der Waals surface area (Å²) in [6.07, 6.45) is 2.13. The Morgan fingerprint density at radius 2 is 1.85 bits per heavy atom. The molecule has 0 radical (unpaired) electrons. The molecule has 0 bridgehead atoms. The van der Waals surface area contributed by atoms with Crippen LogP contribution in [0.15, 0.2) is 30.3 Å². The second-order valence-electron chi connectivity index (χ2n) is 7.30. The molecule has 4 nitrogen and oxygen atoms in total. The van der Waals surface area contributed by atoms with Crippen LogP contribution < -0.4 is 0 Å². The Hall–Kier alpha value is -2.69. The Balaban J connectivity index is 2.05. The molecule has 4 aromatic rings. The van der Waals surface area contributed by atoms with Gasteiger partial charge in [-0.15, -0.1) is 0 Å². The molecule has 0 fully saturated rings. The van der Waals surface area contributed by atoms with Crippen LogP contribution in [-0.4, -0.2) is 19.2 Å². The maximum absolute atomic E-state index is 14.3. The van der Waals surface area contributed by atoms with Gasteiger partial charge >= 0.3 is 0 Å². The Labute approximate surface area is 158 Å². The third kappa shape index (κ3) is 2.64. The maximum atomic E-state index is 14.3. The van der Waals surface area contributed by atoms with Crippen molar-refractivity contribution in [1.29, 1.82) is 0 Å². The number of aromatic nitrogens is 4. The Kier molecular flexibility index (Phi) is 4.25. The summed E-state index contributed by atoms with van der Waals surface area (Å²) >= 11 is 0. The predicted octanol–water partition coefficient (Wildman–Crippen LogP) is 5.55. The van der Waals surface area contributed by atoms with Crippen molar-refractivity contribution in [2.45, 2.75) is 46.5 Å². The molecule has 4 rings (SSSR count). The third-order valence-electron chi connectivity index (χ3n) is 5.61. The molecular weight excluding hydrogens is 339 g/mol. The standard InChI is InChI=1S/C22H25FN4/c1-6-15(7-2)16-11-13(3)25-27-21(14(4)24-22(16)27)20-12-17-18(23)9-8-10-19(17)26(20)5/h8-12,15H,6-7H2,1-5H3. The third-order valence-corrected chi connectivity index (χ3v) is 5.61. The zero-order valence-corrected chi connectivity index (χ0v) is 16.5. The fraction of sp³-hybridized carbons (Fsp3) is 0.364. The van der Waals surface area contributed by atoms with Crippen molar-refractivity contribution in [2.24, 2.45) is 7.05 Å². The van der Waals surface area contributed by atoms with Crippen LogP contribution in [0.1, 0.15) is 49.6 Å². The molecule has 0 aliphatic rings. The molecule has 3 aromatic heterocycles. The number of fused-ring (bicyclic) bond motifs is 2. The van der Waals surface area contributed by atoms with E-state index in [0.717, 1.165) is 46.8 Å². The number of rotatable bonds is 4. The van der Waals surface area contributed by atoms with Gasteiger partial charge < -0.3 is 4.57 Å². The van der Waals surface area contributed by atoms with E-state index in [-0.39, 0.29) is 5.82 Å². The van der Waals surface area contributed by atoms with E-state index in [1.54, 1.807) is 6.07 Å². The van der Waals surface area contributed by atoms with E-state index in [9.17, 15) is 4.39 Å². The highest BCUT2D eigenvalue weighted by molar-refractivity contribution is 5.87. The number of aryl methyl sites for hydroxylation is 3. The summed E-state index contributed by atoms with van der Waals surface area (Å²) in [5.74, 6) is 0.247. The second-order valence-corrected chi connectivity index (χ2v) is 7.30. The van der Waals surface area contributed by atoms with Crippen LogP contribution in [0.4, 0.5) is 4.39 Å². The van der Waals surface area contributed by atoms with Crippen molar-refractivity contribution in [3.63, 3.8) is 0 Å². The lowest BCUT2D eigenvalue weighted by atomic mass is 9.95. The molecule has 3 heterocycles. The molecule has 140 valence electrons. The van der Waals surface area contributed by atoms with Gasteiger partial charge in [0.05, 0.1) is 22.6 Å². The van der Waals surface area contributed by atoms with Gasteiger partial charge in [0.25, 0.3) is 0 Å². The molecular formula is C22H25FN4. The average molecular weight is 364 g/mol. The van der Waals surface area contributed by atoms with Gasteiger partial charge in [-0.1, -0.05) is 19.9 Å². The fourth-order valence-corrected chi connectivity index (χ4v) is 4.15. The molecule has 0 saturated carbocycles. The zero-order valence-electron chi connectivity index (χ0n) is 16.5. The summed E-state index contributed by atoms with van der Waals surface area (Å²) in [7, 11) is 1.97. The predicted molar refractivity (Wildman–Crippen MR) is 108 cm³/mol. The Morgan fingerprint density at radius 1 is 1.11 bits per heavy atom. The van der Waals surface area contributed by atoms with Crippen LogP contribution in [0.3, 0.4) is 0 Å². The van der Waals surface area contributed by atoms with Crippen molar-refractivity contribution < 1.29 is 4.39 Å².